The average molecular weight is 169 g/mol. The van der Waals surface area contributed by atoms with Crippen molar-refractivity contribution < 1.29 is 0 Å². The fourth-order valence-electron chi connectivity index (χ4n) is 0.922. The number of halogens is 1. The van der Waals surface area contributed by atoms with E-state index in [1.165, 1.54) is 0 Å². The van der Waals surface area contributed by atoms with Crippen LogP contribution < -0.4 is 5.73 Å². The molecule has 0 unspecified atom stereocenters. The molecule has 0 fully saturated rings. The lowest BCUT2D eigenvalue weighted by atomic mass is 10.6. The summed E-state index contributed by atoms with van der Waals surface area (Å²) in [5, 5.41) is 0.331. The van der Waals surface area contributed by atoms with Gasteiger partial charge in [-0.05, 0) is 17.7 Å². The smallest absolute Gasteiger partial charge is 0.210 e. The minimum absolute atomic E-state index is 0.331. The van der Waals surface area contributed by atoms with Crippen molar-refractivity contribution in [1.29, 1.82) is 0 Å². The molecule has 2 aromatic heterocycles. The van der Waals surface area contributed by atoms with Gasteiger partial charge in [0.25, 0.3) is 0 Å². The summed E-state index contributed by atoms with van der Waals surface area (Å²) in [4.78, 5) is 7.84. The minimum atomic E-state index is 0.331. The van der Waals surface area contributed by atoms with E-state index in [0.717, 1.165) is 0 Å². The molecule has 2 N–H and O–H groups in total. The van der Waals surface area contributed by atoms with Crippen LogP contribution in [0.2, 0.25) is 5.28 Å². The van der Waals surface area contributed by atoms with Crippen LogP contribution in [0.3, 0.4) is 0 Å². The van der Waals surface area contributed by atoms with Crippen LogP contribution in [0.15, 0.2) is 18.5 Å². The minimum Gasteiger partial charge on any atom is -0.383 e. The van der Waals surface area contributed by atoms with E-state index in [2.05, 4.69) is 9.97 Å². The summed E-state index contributed by atoms with van der Waals surface area (Å²) in [6.07, 6.45) is 3.13. The molecule has 0 aromatic carbocycles. The van der Waals surface area contributed by atoms with Crippen molar-refractivity contribution in [2.45, 2.75) is 0 Å². The largest absolute Gasteiger partial charge is 0.383 e. The summed E-state index contributed by atoms with van der Waals surface area (Å²) in [6, 6.07) is 1.74. The molecule has 0 radical (unpaired) electrons. The number of anilines is 1. The zero-order chi connectivity index (χ0) is 7.84. The first-order chi connectivity index (χ1) is 5.29. The first kappa shape index (κ1) is 6.42. The van der Waals surface area contributed by atoms with Gasteiger partial charge in [-0.15, -0.1) is 0 Å². The molecule has 0 spiro atoms. The number of rotatable bonds is 0. The van der Waals surface area contributed by atoms with Crippen LogP contribution in [0.4, 0.5) is 5.82 Å². The lowest BCUT2D eigenvalue weighted by Gasteiger charge is -1.95. The molecule has 0 aliphatic rings. The highest BCUT2D eigenvalue weighted by molar-refractivity contribution is 6.28. The summed E-state index contributed by atoms with van der Waals surface area (Å²) < 4.78 is 1.57. The number of aromatic nitrogens is 3. The number of nitrogens with zero attached hydrogens (tertiary/aromatic N) is 3. The van der Waals surface area contributed by atoms with E-state index in [-0.39, 0.29) is 0 Å². The van der Waals surface area contributed by atoms with E-state index in [4.69, 9.17) is 17.3 Å². The van der Waals surface area contributed by atoms with Gasteiger partial charge in [0.15, 0.2) is 0 Å². The van der Waals surface area contributed by atoms with Crippen molar-refractivity contribution in [2.24, 2.45) is 0 Å². The van der Waals surface area contributed by atoms with Crippen LogP contribution >= 0.6 is 11.6 Å². The monoisotopic (exact) mass is 168 g/mol. The third-order valence-corrected chi connectivity index (χ3v) is 1.67. The van der Waals surface area contributed by atoms with Crippen LogP contribution in [0.25, 0.3) is 5.65 Å². The van der Waals surface area contributed by atoms with E-state index >= 15 is 0 Å². The molecule has 56 valence electrons. The first-order valence-electron chi connectivity index (χ1n) is 3.02. The molecule has 2 rings (SSSR count). The van der Waals surface area contributed by atoms with Crippen molar-refractivity contribution in [2.75, 3.05) is 5.73 Å². The highest BCUT2D eigenvalue weighted by Crippen LogP contribution is 2.12. The molecule has 0 aliphatic heterocycles. The topological polar surface area (TPSA) is 56.2 Å². The SMILES string of the molecule is Nc1cnc2ccnc(Cl)n12. The Balaban J connectivity index is 2.96. The van der Waals surface area contributed by atoms with E-state index < -0.39 is 0 Å². The third kappa shape index (κ3) is 0.832. The van der Waals surface area contributed by atoms with Gasteiger partial charge in [-0.25, -0.2) is 9.97 Å². The second-order valence-corrected chi connectivity index (χ2v) is 2.43. The molecule has 0 saturated heterocycles. The Kier molecular flexibility index (Phi) is 1.22. The molecule has 0 saturated carbocycles. The normalized spacial score (nSPS) is 10.6. The van der Waals surface area contributed by atoms with Crippen molar-refractivity contribution in [3.05, 3.63) is 23.7 Å². The van der Waals surface area contributed by atoms with Crippen molar-refractivity contribution in [1.82, 2.24) is 14.4 Å². The van der Waals surface area contributed by atoms with E-state index in [9.17, 15) is 0 Å². The molecule has 0 aliphatic carbocycles. The molecule has 0 bridgehead atoms. The van der Waals surface area contributed by atoms with Gasteiger partial charge in [-0.2, -0.15) is 0 Å². The van der Waals surface area contributed by atoms with Gasteiger partial charge < -0.3 is 5.73 Å². The molecular formula is C6H5ClN4. The van der Waals surface area contributed by atoms with Crippen LogP contribution in [0.5, 0.6) is 0 Å². The molecule has 11 heavy (non-hydrogen) atoms. The fraction of sp³-hybridized carbons (Fsp3) is 0. The lowest BCUT2D eigenvalue weighted by Crippen LogP contribution is -1.94. The van der Waals surface area contributed by atoms with Gasteiger partial charge in [-0.3, -0.25) is 4.40 Å². The number of fused-ring (bicyclic) bond motifs is 1. The Morgan fingerprint density at radius 2 is 2.27 bits per heavy atom. The number of nitrogen functional groups attached to an aromatic ring is 1. The average Bonchev–Trinajstić information content (AvgIpc) is 2.34. The second-order valence-electron chi connectivity index (χ2n) is 2.09. The number of nitrogens with two attached hydrogens (primary N) is 1. The first-order valence-corrected chi connectivity index (χ1v) is 3.40. The Labute approximate surface area is 67.6 Å². The summed E-state index contributed by atoms with van der Waals surface area (Å²) in [7, 11) is 0. The molecule has 0 atom stereocenters. The maximum absolute atomic E-state index is 5.74. The summed E-state index contributed by atoms with van der Waals surface area (Å²) in [5.74, 6) is 0.498. The summed E-state index contributed by atoms with van der Waals surface area (Å²) in [6.45, 7) is 0. The standard InChI is InChI=1S/C6H5ClN4/c7-6-9-2-1-5-10-3-4(8)11(5)6/h1-3H,8H2. The van der Waals surface area contributed by atoms with Crippen LogP contribution in [-0.4, -0.2) is 14.4 Å². The number of hydrogen-bond acceptors (Lipinski definition) is 3. The predicted molar refractivity (Wildman–Crippen MR) is 42.4 cm³/mol. The molecule has 5 heteroatoms. The van der Waals surface area contributed by atoms with E-state index in [0.29, 0.717) is 16.7 Å². The second kappa shape index (κ2) is 2.10. The maximum Gasteiger partial charge on any atom is 0.210 e. The van der Waals surface area contributed by atoms with Crippen molar-refractivity contribution in [3.8, 4) is 0 Å². The maximum atomic E-state index is 5.74. The molecule has 0 amide bonds. The number of hydrogen-bond donors (Lipinski definition) is 1. The van der Waals surface area contributed by atoms with Gasteiger partial charge >= 0.3 is 0 Å². The van der Waals surface area contributed by atoms with Gasteiger partial charge in [0.2, 0.25) is 5.28 Å². The Bertz CT molecular complexity index is 394. The Hall–Kier alpha value is -1.29. The van der Waals surface area contributed by atoms with Gasteiger partial charge in [0.1, 0.15) is 11.5 Å². The lowest BCUT2D eigenvalue weighted by molar-refractivity contribution is 1.09. The molecule has 2 heterocycles. The van der Waals surface area contributed by atoms with Crippen LogP contribution in [-0.2, 0) is 0 Å². The molecular weight excluding hydrogens is 164 g/mol. The Morgan fingerprint density at radius 1 is 1.45 bits per heavy atom. The van der Waals surface area contributed by atoms with E-state index in [1.54, 1.807) is 22.9 Å². The predicted octanol–water partition coefficient (Wildman–Crippen LogP) is 0.965. The third-order valence-electron chi connectivity index (χ3n) is 1.41. The van der Waals surface area contributed by atoms with Crippen molar-refractivity contribution >= 4 is 23.1 Å². The summed E-state index contributed by atoms with van der Waals surface area (Å²) >= 11 is 5.74. The zero-order valence-corrected chi connectivity index (χ0v) is 6.28. The van der Waals surface area contributed by atoms with Crippen LogP contribution in [0.1, 0.15) is 0 Å². The van der Waals surface area contributed by atoms with Gasteiger partial charge in [0, 0.05) is 6.20 Å². The zero-order valence-electron chi connectivity index (χ0n) is 5.53. The van der Waals surface area contributed by atoms with Gasteiger partial charge in [0.05, 0.1) is 6.20 Å². The van der Waals surface area contributed by atoms with E-state index in [1.807, 2.05) is 0 Å². The number of imidazole rings is 1. The quantitative estimate of drug-likeness (QED) is 0.597. The van der Waals surface area contributed by atoms with Crippen LogP contribution in [0, 0.1) is 0 Å². The molecule has 4 nitrogen and oxygen atoms in total. The molecule has 2 aromatic rings. The van der Waals surface area contributed by atoms with Gasteiger partial charge in [-0.1, -0.05) is 0 Å². The highest BCUT2D eigenvalue weighted by Gasteiger charge is 2.01. The summed E-state index contributed by atoms with van der Waals surface area (Å²) in [5.41, 5.74) is 6.26. The highest BCUT2D eigenvalue weighted by atomic mass is 35.5. The fourth-order valence-corrected chi connectivity index (χ4v) is 1.16. The van der Waals surface area contributed by atoms with Crippen molar-refractivity contribution in [3.63, 3.8) is 0 Å². The Morgan fingerprint density at radius 3 is 3.00 bits per heavy atom.